The van der Waals surface area contributed by atoms with Crippen LogP contribution in [0.2, 0.25) is 0 Å². The van der Waals surface area contributed by atoms with Crippen molar-refractivity contribution < 1.29 is 15.0 Å². The zero-order valence-electron chi connectivity index (χ0n) is 17.7. The molecule has 3 nitrogen and oxygen atoms in total. The van der Waals surface area contributed by atoms with Gasteiger partial charge in [0.1, 0.15) is 5.78 Å². The van der Waals surface area contributed by atoms with Gasteiger partial charge in [-0.15, -0.1) is 0 Å². The zero-order valence-corrected chi connectivity index (χ0v) is 17.7. The van der Waals surface area contributed by atoms with E-state index in [1.165, 1.54) is 25.7 Å². The molecule has 8 atom stereocenters. The lowest BCUT2D eigenvalue weighted by molar-refractivity contribution is -0.169. The summed E-state index contributed by atoms with van der Waals surface area (Å²) < 4.78 is 0. The van der Waals surface area contributed by atoms with Crippen LogP contribution < -0.4 is 0 Å². The lowest BCUT2D eigenvalue weighted by Crippen LogP contribution is -2.58. The number of Topliss-reactive ketones (excluding diaryl/α,β-unsaturated/α-hetero) is 1. The maximum atomic E-state index is 12.2. The van der Waals surface area contributed by atoms with E-state index in [4.69, 9.17) is 5.11 Å². The lowest BCUT2D eigenvalue weighted by atomic mass is 9.42. The summed E-state index contributed by atoms with van der Waals surface area (Å²) in [6.45, 7) is 7.45. The van der Waals surface area contributed by atoms with Gasteiger partial charge in [-0.05, 0) is 98.2 Å². The van der Waals surface area contributed by atoms with Crippen LogP contribution in [0, 0.1) is 40.4 Å². The van der Waals surface area contributed by atoms with E-state index in [1.807, 2.05) is 0 Å². The fourth-order valence-electron chi connectivity index (χ4n) is 8.53. The number of hydrogen-bond donors (Lipinski definition) is 2. The number of aliphatic hydroxyl groups is 2. The van der Waals surface area contributed by atoms with E-state index >= 15 is 0 Å². The fraction of sp³-hybridized carbons (Fsp3) is 0.958. The van der Waals surface area contributed by atoms with Crippen molar-refractivity contribution in [3.63, 3.8) is 0 Å². The lowest BCUT2D eigenvalue weighted by Gasteiger charge is -2.62. The fourth-order valence-corrected chi connectivity index (χ4v) is 8.53. The van der Waals surface area contributed by atoms with Crippen molar-refractivity contribution in [3.05, 3.63) is 0 Å². The quantitative estimate of drug-likeness (QED) is 0.697. The van der Waals surface area contributed by atoms with Crippen LogP contribution in [-0.2, 0) is 4.79 Å². The van der Waals surface area contributed by atoms with Crippen LogP contribution in [0.3, 0.4) is 0 Å². The number of rotatable bonds is 4. The molecular weight excluding hydrogens is 336 g/mol. The Labute approximate surface area is 165 Å². The summed E-state index contributed by atoms with van der Waals surface area (Å²) in [4.78, 5) is 12.2. The van der Waals surface area contributed by atoms with Crippen molar-refractivity contribution >= 4 is 5.78 Å². The standard InChI is InChI=1S/C24H40O3/c1-16-14-18(26)15-17-6-7-19-20-9-12-24(27,10-4-5-13-25)22(20,2)11-8-21(19)23(16,17)3/h16-17,19-21,25,27H,4-15H2,1-3H3/t16?,17?,19-,20-,21+,22-,23-,24?/m0/s1. The first-order valence-corrected chi connectivity index (χ1v) is 11.6. The molecule has 4 rings (SSSR count). The maximum Gasteiger partial charge on any atom is 0.133 e. The van der Waals surface area contributed by atoms with Crippen molar-refractivity contribution in [2.24, 2.45) is 40.4 Å². The monoisotopic (exact) mass is 376 g/mol. The van der Waals surface area contributed by atoms with Crippen molar-refractivity contribution in [2.75, 3.05) is 6.61 Å². The minimum Gasteiger partial charge on any atom is -0.396 e. The first kappa shape index (κ1) is 19.9. The molecule has 4 aliphatic rings. The number of hydrogen-bond acceptors (Lipinski definition) is 3. The van der Waals surface area contributed by atoms with Crippen molar-refractivity contribution in [1.82, 2.24) is 0 Å². The SMILES string of the molecule is CC1CC(=O)CC2CC[C@@H]3[C@@H](CC[C@@]4(C)[C@H]3CCC4(O)CCCCO)[C@@]12C. The van der Waals surface area contributed by atoms with Gasteiger partial charge in [0, 0.05) is 19.4 Å². The molecule has 0 spiro atoms. The molecule has 0 amide bonds. The van der Waals surface area contributed by atoms with E-state index in [1.54, 1.807) is 0 Å². The molecule has 0 saturated heterocycles. The molecule has 0 aromatic heterocycles. The van der Waals surface area contributed by atoms with E-state index in [0.29, 0.717) is 29.0 Å². The predicted molar refractivity (Wildman–Crippen MR) is 107 cm³/mol. The number of fused-ring (bicyclic) bond motifs is 5. The van der Waals surface area contributed by atoms with Crippen LogP contribution in [-0.4, -0.2) is 28.2 Å². The minimum absolute atomic E-state index is 0.0422. The van der Waals surface area contributed by atoms with E-state index in [9.17, 15) is 9.90 Å². The van der Waals surface area contributed by atoms with Crippen molar-refractivity contribution in [3.8, 4) is 0 Å². The summed E-state index contributed by atoms with van der Waals surface area (Å²) in [6, 6.07) is 0. The highest BCUT2D eigenvalue weighted by Gasteiger charge is 2.65. The Kier molecular flexibility index (Phi) is 5.03. The summed E-state index contributed by atoms with van der Waals surface area (Å²) in [5.74, 6) is 3.68. The third-order valence-electron chi connectivity index (χ3n) is 10.4. The third-order valence-corrected chi connectivity index (χ3v) is 10.4. The summed E-state index contributed by atoms with van der Waals surface area (Å²) in [5, 5.41) is 20.8. The Morgan fingerprint density at radius 1 is 1.00 bits per heavy atom. The highest BCUT2D eigenvalue weighted by Crippen LogP contribution is 2.69. The Morgan fingerprint density at radius 2 is 1.74 bits per heavy atom. The van der Waals surface area contributed by atoms with Crippen LogP contribution in [0.1, 0.15) is 91.4 Å². The van der Waals surface area contributed by atoms with E-state index in [2.05, 4.69) is 20.8 Å². The molecular formula is C24H40O3. The van der Waals surface area contributed by atoms with Crippen molar-refractivity contribution in [2.45, 2.75) is 97.0 Å². The van der Waals surface area contributed by atoms with Gasteiger partial charge < -0.3 is 10.2 Å². The predicted octanol–water partition coefficient (Wildman–Crippen LogP) is 4.74. The topological polar surface area (TPSA) is 57.5 Å². The van der Waals surface area contributed by atoms with Crippen molar-refractivity contribution in [1.29, 1.82) is 0 Å². The molecule has 0 heterocycles. The molecule has 0 bridgehead atoms. The highest BCUT2D eigenvalue weighted by molar-refractivity contribution is 5.80. The number of unbranched alkanes of at least 4 members (excludes halogenated alkanes) is 1. The summed E-state index contributed by atoms with van der Waals surface area (Å²) in [5.41, 5.74) is -0.181. The normalized spacial score (nSPS) is 52.2. The molecule has 4 saturated carbocycles. The molecule has 154 valence electrons. The maximum absolute atomic E-state index is 12.2. The molecule has 2 N–H and O–H groups in total. The molecule has 0 aromatic rings. The number of carbonyl (C=O) groups excluding carboxylic acids is 1. The molecule has 0 aromatic carbocycles. The molecule has 3 unspecified atom stereocenters. The van der Waals surface area contributed by atoms with Gasteiger partial charge in [-0.25, -0.2) is 0 Å². The summed E-state index contributed by atoms with van der Waals surface area (Å²) in [6.07, 6.45) is 11.1. The Balaban J connectivity index is 1.58. The van der Waals surface area contributed by atoms with Crippen LogP contribution in [0.5, 0.6) is 0 Å². The molecule has 3 heteroatoms. The molecule has 27 heavy (non-hydrogen) atoms. The minimum atomic E-state index is -0.538. The average Bonchev–Trinajstić information content (AvgIpc) is 2.88. The van der Waals surface area contributed by atoms with Crippen LogP contribution in [0.15, 0.2) is 0 Å². The van der Waals surface area contributed by atoms with Gasteiger partial charge in [-0.3, -0.25) is 4.79 Å². The Bertz CT molecular complexity index is 588. The van der Waals surface area contributed by atoms with Gasteiger partial charge in [0.15, 0.2) is 0 Å². The molecule has 0 aliphatic heterocycles. The first-order valence-electron chi connectivity index (χ1n) is 11.6. The van der Waals surface area contributed by atoms with E-state index in [0.717, 1.165) is 56.8 Å². The summed E-state index contributed by atoms with van der Waals surface area (Å²) in [7, 11) is 0. The van der Waals surface area contributed by atoms with Gasteiger partial charge >= 0.3 is 0 Å². The number of carbonyl (C=O) groups is 1. The molecule has 0 radical (unpaired) electrons. The Morgan fingerprint density at radius 3 is 2.48 bits per heavy atom. The van der Waals surface area contributed by atoms with Crippen LogP contribution in [0.4, 0.5) is 0 Å². The molecule has 4 fully saturated rings. The highest BCUT2D eigenvalue weighted by atomic mass is 16.3. The largest absolute Gasteiger partial charge is 0.396 e. The van der Waals surface area contributed by atoms with E-state index in [-0.39, 0.29) is 12.0 Å². The van der Waals surface area contributed by atoms with Crippen LogP contribution >= 0.6 is 0 Å². The Hall–Kier alpha value is -0.410. The number of aliphatic hydroxyl groups excluding tert-OH is 1. The smallest absolute Gasteiger partial charge is 0.133 e. The van der Waals surface area contributed by atoms with E-state index < -0.39 is 5.60 Å². The third kappa shape index (κ3) is 2.78. The van der Waals surface area contributed by atoms with Gasteiger partial charge in [0.2, 0.25) is 0 Å². The second kappa shape index (κ2) is 6.83. The van der Waals surface area contributed by atoms with Gasteiger partial charge in [0.05, 0.1) is 5.60 Å². The second-order valence-corrected chi connectivity index (χ2v) is 11.1. The second-order valence-electron chi connectivity index (χ2n) is 11.1. The van der Waals surface area contributed by atoms with Gasteiger partial charge in [-0.2, -0.15) is 0 Å². The molecule has 4 aliphatic carbocycles. The average molecular weight is 377 g/mol. The zero-order chi connectivity index (χ0) is 19.4. The van der Waals surface area contributed by atoms with Gasteiger partial charge in [-0.1, -0.05) is 20.8 Å². The number of ketones is 1. The first-order chi connectivity index (χ1) is 12.8. The summed E-state index contributed by atoms with van der Waals surface area (Å²) >= 11 is 0. The van der Waals surface area contributed by atoms with Crippen LogP contribution in [0.25, 0.3) is 0 Å². The van der Waals surface area contributed by atoms with Gasteiger partial charge in [0.25, 0.3) is 0 Å².